The van der Waals surface area contributed by atoms with E-state index in [1.54, 1.807) is 24.3 Å². The van der Waals surface area contributed by atoms with Gasteiger partial charge < -0.3 is 14.2 Å². The van der Waals surface area contributed by atoms with Gasteiger partial charge in [0, 0.05) is 6.08 Å². The maximum absolute atomic E-state index is 12.4. The van der Waals surface area contributed by atoms with Crippen LogP contribution in [0.3, 0.4) is 0 Å². The molecule has 0 N–H and O–H groups in total. The zero-order valence-corrected chi connectivity index (χ0v) is 16.4. The summed E-state index contributed by atoms with van der Waals surface area (Å²) in [4.78, 5) is 23.4. The normalized spacial score (nSPS) is 22.9. The van der Waals surface area contributed by atoms with E-state index in [2.05, 4.69) is 6.58 Å². The number of rotatable bonds is 7. The Hall–Kier alpha value is -2.30. The standard InChI is InChI=1S/C23H30O5/c1-2-22(24)27-16-26-20-12-10-19(11-13-20)23(25)28-21-14-8-18(9-15-21)17-6-4-3-5-7-17/h2,10-13,17-18,21H,1,3-9,14-16H2. The first-order valence-electron chi connectivity index (χ1n) is 10.4. The lowest BCUT2D eigenvalue weighted by Crippen LogP contribution is -2.28. The molecule has 0 spiro atoms. The van der Waals surface area contributed by atoms with Crippen molar-refractivity contribution in [2.75, 3.05) is 6.79 Å². The smallest absolute Gasteiger partial charge is 0.338 e. The molecule has 0 atom stereocenters. The zero-order valence-electron chi connectivity index (χ0n) is 16.4. The van der Waals surface area contributed by atoms with E-state index in [9.17, 15) is 9.59 Å². The van der Waals surface area contributed by atoms with Gasteiger partial charge >= 0.3 is 11.9 Å². The van der Waals surface area contributed by atoms with Crippen LogP contribution in [0.5, 0.6) is 5.75 Å². The molecule has 0 radical (unpaired) electrons. The molecule has 28 heavy (non-hydrogen) atoms. The summed E-state index contributed by atoms with van der Waals surface area (Å²) in [5.74, 6) is 1.40. The molecule has 2 fully saturated rings. The summed E-state index contributed by atoms with van der Waals surface area (Å²) in [6, 6.07) is 6.66. The Balaban J connectivity index is 1.41. The van der Waals surface area contributed by atoms with Gasteiger partial charge in [-0.15, -0.1) is 0 Å². The highest BCUT2D eigenvalue weighted by atomic mass is 16.7. The van der Waals surface area contributed by atoms with E-state index in [-0.39, 0.29) is 18.9 Å². The minimum absolute atomic E-state index is 0.0292. The highest BCUT2D eigenvalue weighted by Gasteiger charge is 2.30. The Labute approximate surface area is 167 Å². The Bertz CT molecular complexity index is 652. The zero-order chi connectivity index (χ0) is 19.8. The van der Waals surface area contributed by atoms with Crippen molar-refractivity contribution in [3.05, 3.63) is 42.5 Å². The molecule has 152 valence electrons. The van der Waals surface area contributed by atoms with Gasteiger partial charge in [-0.05, 0) is 61.8 Å². The summed E-state index contributed by atoms with van der Waals surface area (Å²) >= 11 is 0. The number of hydrogen-bond acceptors (Lipinski definition) is 5. The van der Waals surface area contributed by atoms with Gasteiger partial charge in [-0.3, -0.25) is 0 Å². The third kappa shape index (κ3) is 5.85. The second-order valence-corrected chi connectivity index (χ2v) is 7.79. The van der Waals surface area contributed by atoms with Crippen LogP contribution in [-0.4, -0.2) is 24.8 Å². The number of carbonyl (C=O) groups is 2. The van der Waals surface area contributed by atoms with Crippen molar-refractivity contribution in [1.82, 2.24) is 0 Å². The molecule has 3 rings (SSSR count). The molecule has 5 nitrogen and oxygen atoms in total. The van der Waals surface area contributed by atoms with Crippen LogP contribution in [0, 0.1) is 11.8 Å². The average Bonchev–Trinajstić information content (AvgIpc) is 2.75. The molecule has 0 heterocycles. The quantitative estimate of drug-likeness (QED) is 0.373. The van der Waals surface area contributed by atoms with E-state index in [0.717, 1.165) is 30.8 Å². The summed E-state index contributed by atoms with van der Waals surface area (Å²) in [5.41, 5.74) is 0.504. The van der Waals surface area contributed by atoms with Gasteiger partial charge in [0.2, 0.25) is 6.79 Å². The molecule has 0 aliphatic heterocycles. The lowest BCUT2D eigenvalue weighted by Gasteiger charge is -2.35. The van der Waals surface area contributed by atoms with Gasteiger partial charge in [0.15, 0.2) is 0 Å². The number of carbonyl (C=O) groups excluding carboxylic acids is 2. The van der Waals surface area contributed by atoms with Crippen molar-refractivity contribution < 1.29 is 23.8 Å². The van der Waals surface area contributed by atoms with E-state index < -0.39 is 5.97 Å². The molecule has 1 aromatic rings. The molecule has 5 heteroatoms. The highest BCUT2D eigenvalue weighted by Crippen LogP contribution is 2.39. The van der Waals surface area contributed by atoms with Gasteiger partial charge in [0.25, 0.3) is 0 Å². The van der Waals surface area contributed by atoms with Crippen molar-refractivity contribution in [2.24, 2.45) is 11.8 Å². The van der Waals surface area contributed by atoms with Crippen molar-refractivity contribution in [1.29, 1.82) is 0 Å². The van der Waals surface area contributed by atoms with Gasteiger partial charge in [0.05, 0.1) is 5.56 Å². The third-order valence-corrected chi connectivity index (χ3v) is 5.99. The molecule has 2 saturated carbocycles. The lowest BCUT2D eigenvalue weighted by atomic mass is 9.73. The second kappa shape index (κ2) is 10.3. The molecule has 1 aromatic carbocycles. The van der Waals surface area contributed by atoms with Crippen molar-refractivity contribution in [3.8, 4) is 5.75 Å². The van der Waals surface area contributed by atoms with Crippen LogP contribution in [0.2, 0.25) is 0 Å². The minimum atomic E-state index is -0.543. The minimum Gasteiger partial charge on any atom is -0.459 e. The van der Waals surface area contributed by atoms with Gasteiger partial charge in [-0.25, -0.2) is 9.59 Å². The molecule has 2 aliphatic carbocycles. The van der Waals surface area contributed by atoms with E-state index in [1.807, 2.05) is 0 Å². The summed E-state index contributed by atoms with van der Waals surface area (Å²) in [7, 11) is 0. The molecular weight excluding hydrogens is 356 g/mol. The Morgan fingerprint density at radius 1 is 0.929 bits per heavy atom. The molecule has 0 saturated heterocycles. The molecule has 2 aliphatic rings. The van der Waals surface area contributed by atoms with E-state index in [4.69, 9.17) is 14.2 Å². The SMILES string of the molecule is C=CC(=O)OCOc1ccc(C(=O)OC2CCC(C3CCCCC3)CC2)cc1. The highest BCUT2D eigenvalue weighted by molar-refractivity contribution is 5.89. The van der Waals surface area contributed by atoms with Crippen molar-refractivity contribution in [3.63, 3.8) is 0 Å². The van der Waals surface area contributed by atoms with Gasteiger partial charge in [-0.1, -0.05) is 38.7 Å². The van der Waals surface area contributed by atoms with Gasteiger partial charge in [0.1, 0.15) is 11.9 Å². The maximum Gasteiger partial charge on any atom is 0.338 e. The number of benzene rings is 1. The van der Waals surface area contributed by atoms with Gasteiger partial charge in [-0.2, -0.15) is 0 Å². The van der Waals surface area contributed by atoms with Crippen LogP contribution in [0.4, 0.5) is 0 Å². The monoisotopic (exact) mass is 386 g/mol. The van der Waals surface area contributed by atoms with Crippen molar-refractivity contribution in [2.45, 2.75) is 63.9 Å². The van der Waals surface area contributed by atoms with Crippen LogP contribution in [0.25, 0.3) is 0 Å². The second-order valence-electron chi connectivity index (χ2n) is 7.79. The average molecular weight is 386 g/mol. The fourth-order valence-electron chi connectivity index (χ4n) is 4.40. The fourth-order valence-corrected chi connectivity index (χ4v) is 4.40. The van der Waals surface area contributed by atoms with Crippen LogP contribution in [0.15, 0.2) is 36.9 Å². The first-order chi connectivity index (χ1) is 13.7. The number of esters is 2. The largest absolute Gasteiger partial charge is 0.459 e. The van der Waals surface area contributed by atoms with Crippen LogP contribution < -0.4 is 4.74 Å². The molecule has 0 aromatic heterocycles. The predicted octanol–water partition coefficient (Wildman–Crippen LogP) is 5.05. The summed E-state index contributed by atoms with van der Waals surface area (Å²) in [6.45, 7) is 3.12. The third-order valence-electron chi connectivity index (χ3n) is 5.99. The molecule has 0 amide bonds. The number of ether oxygens (including phenoxy) is 3. The number of hydrogen-bond donors (Lipinski definition) is 0. The van der Waals surface area contributed by atoms with E-state index in [1.165, 1.54) is 44.9 Å². The Morgan fingerprint density at radius 3 is 2.21 bits per heavy atom. The summed E-state index contributed by atoms with van der Waals surface area (Å²) < 4.78 is 15.8. The topological polar surface area (TPSA) is 61.8 Å². The first-order valence-corrected chi connectivity index (χ1v) is 10.4. The van der Waals surface area contributed by atoms with E-state index in [0.29, 0.717) is 11.3 Å². The predicted molar refractivity (Wildman–Crippen MR) is 106 cm³/mol. The molecule has 0 unspecified atom stereocenters. The first kappa shape index (κ1) is 20.4. The Morgan fingerprint density at radius 2 is 1.57 bits per heavy atom. The lowest BCUT2D eigenvalue weighted by molar-refractivity contribution is -0.144. The van der Waals surface area contributed by atoms with Crippen LogP contribution in [0.1, 0.15) is 68.1 Å². The Kier molecular flexibility index (Phi) is 7.52. The fraction of sp³-hybridized carbons (Fsp3) is 0.565. The summed E-state index contributed by atoms with van der Waals surface area (Å²) in [5, 5.41) is 0. The van der Waals surface area contributed by atoms with Crippen molar-refractivity contribution >= 4 is 11.9 Å². The van der Waals surface area contributed by atoms with Crippen LogP contribution in [-0.2, 0) is 14.3 Å². The maximum atomic E-state index is 12.4. The van der Waals surface area contributed by atoms with E-state index >= 15 is 0 Å². The molecule has 0 bridgehead atoms. The molecular formula is C23H30O5. The van der Waals surface area contributed by atoms with Crippen LogP contribution >= 0.6 is 0 Å². The summed E-state index contributed by atoms with van der Waals surface area (Å²) in [6.07, 6.45) is 12.3.